The van der Waals surface area contributed by atoms with Gasteiger partial charge in [-0.15, -0.1) is 0 Å². The molecule has 112 valence electrons. The van der Waals surface area contributed by atoms with Gasteiger partial charge in [-0.05, 0) is 32.9 Å². The molecule has 1 rings (SSSR count). The minimum absolute atomic E-state index is 0.178. The molecule has 0 saturated heterocycles. The number of carbonyl (C=O) groups excluding carboxylic acids is 1. The summed E-state index contributed by atoms with van der Waals surface area (Å²) in [6, 6.07) is 0. The van der Waals surface area contributed by atoms with E-state index >= 15 is 0 Å². The van der Waals surface area contributed by atoms with Crippen molar-refractivity contribution >= 4 is 5.91 Å². The highest BCUT2D eigenvalue weighted by molar-refractivity contribution is 5.75. The zero-order chi connectivity index (χ0) is 14.3. The Morgan fingerprint density at radius 3 is 2.16 bits per heavy atom. The molecule has 1 aliphatic carbocycles. The number of carbonyl (C=O) groups is 1. The van der Waals surface area contributed by atoms with E-state index in [0.29, 0.717) is 6.42 Å². The van der Waals surface area contributed by atoms with E-state index in [9.17, 15) is 4.79 Å². The molecule has 0 bridgehead atoms. The average molecular weight is 269 g/mol. The second-order valence-corrected chi connectivity index (χ2v) is 6.16. The van der Waals surface area contributed by atoms with Crippen LogP contribution in [0.3, 0.4) is 0 Å². The molecular weight excluding hydrogens is 238 g/mol. The average Bonchev–Trinajstić information content (AvgIpc) is 2.64. The van der Waals surface area contributed by atoms with Crippen molar-refractivity contribution in [2.75, 3.05) is 34.2 Å². The van der Waals surface area contributed by atoms with E-state index < -0.39 is 0 Å². The minimum Gasteiger partial charge on any atom is -0.349 e. The maximum absolute atomic E-state index is 11.6. The Morgan fingerprint density at radius 2 is 1.68 bits per heavy atom. The second kappa shape index (κ2) is 7.85. The highest BCUT2D eigenvalue weighted by atomic mass is 16.2. The van der Waals surface area contributed by atoms with Crippen molar-refractivity contribution in [3.8, 4) is 0 Å². The van der Waals surface area contributed by atoms with E-state index in [0.717, 1.165) is 19.5 Å². The van der Waals surface area contributed by atoms with Gasteiger partial charge in [-0.25, -0.2) is 0 Å². The number of rotatable bonds is 6. The van der Waals surface area contributed by atoms with Crippen LogP contribution in [0.15, 0.2) is 0 Å². The number of nitrogens with two attached hydrogens (primary N) is 1. The Bertz CT molecular complexity index is 271. The third kappa shape index (κ3) is 4.77. The lowest BCUT2D eigenvalue weighted by molar-refractivity contribution is -0.128. The lowest BCUT2D eigenvalue weighted by Gasteiger charge is -2.41. The first-order valence-corrected chi connectivity index (χ1v) is 7.63. The Balaban J connectivity index is 2.44. The fraction of sp³-hybridized carbons (Fsp3) is 0.933. The second-order valence-electron chi connectivity index (χ2n) is 6.16. The molecule has 1 fully saturated rings. The van der Waals surface area contributed by atoms with Gasteiger partial charge in [0.05, 0.1) is 0 Å². The molecule has 1 aliphatic rings. The van der Waals surface area contributed by atoms with Gasteiger partial charge in [0, 0.05) is 32.6 Å². The molecular formula is C15H31N3O. The predicted octanol–water partition coefficient (Wildman–Crippen LogP) is 1.84. The molecule has 0 aliphatic heterocycles. The summed E-state index contributed by atoms with van der Waals surface area (Å²) in [4.78, 5) is 15.7. The summed E-state index contributed by atoms with van der Waals surface area (Å²) in [5, 5.41) is 0. The van der Waals surface area contributed by atoms with Gasteiger partial charge >= 0.3 is 0 Å². The lowest BCUT2D eigenvalue weighted by atomic mass is 9.88. The Hall–Kier alpha value is -0.610. The van der Waals surface area contributed by atoms with Crippen molar-refractivity contribution in [3.05, 3.63) is 0 Å². The summed E-state index contributed by atoms with van der Waals surface area (Å²) in [5.41, 5.74) is 6.25. The van der Waals surface area contributed by atoms with E-state index in [1.54, 1.807) is 4.90 Å². The normalized spacial score (nSPS) is 19.2. The van der Waals surface area contributed by atoms with Crippen molar-refractivity contribution in [3.63, 3.8) is 0 Å². The first kappa shape index (κ1) is 16.4. The monoisotopic (exact) mass is 269 g/mol. The van der Waals surface area contributed by atoms with E-state index in [-0.39, 0.29) is 11.4 Å². The lowest BCUT2D eigenvalue weighted by Crippen LogP contribution is -2.52. The Morgan fingerprint density at radius 1 is 1.11 bits per heavy atom. The molecule has 0 unspecified atom stereocenters. The zero-order valence-corrected chi connectivity index (χ0v) is 13.0. The van der Waals surface area contributed by atoms with Crippen LogP contribution in [0.25, 0.3) is 0 Å². The van der Waals surface area contributed by atoms with Crippen molar-refractivity contribution < 1.29 is 4.79 Å². The Labute approximate surface area is 118 Å². The SMILES string of the molecule is CN(C)C(=O)CCCN(C)C1(CN)CCCCCC1. The molecule has 4 nitrogen and oxygen atoms in total. The molecule has 19 heavy (non-hydrogen) atoms. The van der Waals surface area contributed by atoms with Crippen LogP contribution >= 0.6 is 0 Å². The molecule has 0 aromatic heterocycles. The summed E-state index contributed by atoms with van der Waals surface area (Å²) in [6.07, 6.45) is 9.25. The fourth-order valence-electron chi connectivity index (χ4n) is 3.06. The molecule has 1 saturated carbocycles. The zero-order valence-electron chi connectivity index (χ0n) is 13.0. The van der Waals surface area contributed by atoms with Crippen LogP contribution in [-0.4, -0.2) is 55.5 Å². The number of nitrogens with zero attached hydrogens (tertiary/aromatic N) is 2. The number of likely N-dealkylation sites (N-methyl/N-ethyl adjacent to an activating group) is 1. The van der Waals surface area contributed by atoms with Gasteiger partial charge in [0.15, 0.2) is 0 Å². The molecule has 0 aromatic carbocycles. The van der Waals surface area contributed by atoms with Crippen LogP contribution in [0.4, 0.5) is 0 Å². The Kier molecular flexibility index (Phi) is 6.80. The molecule has 0 spiro atoms. The number of amides is 1. The van der Waals surface area contributed by atoms with Gasteiger partial charge < -0.3 is 10.6 Å². The molecule has 0 heterocycles. The smallest absolute Gasteiger partial charge is 0.222 e. The summed E-state index contributed by atoms with van der Waals surface area (Å²) in [6.45, 7) is 1.71. The number of hydrogen-bond donors (Lipinski definition) is 1. The summed E-state index contributed by atoms with van der Waals surface area (Å²) in [5.74, 6) is 0.219. The largest absolute Gasteiger partial charge is 0.349 e. The van der Waals surface area contributed by atoms with Gasteiger partial charge in [0.25, 0.3) is 0 Å². The highest BCUT2D eigenvalue weighted by Crippen LogP contribution is 2.31. The molecule has 1 amide bonds. The van der Waals surface area contributed by atoms with Crippen molar-refractivity contribution in [2.24, 2.45) is 5.73 Å². The van der Waals surface area contributed by atoms with Crippen LogP contribution in [0, 0.1) is 0 Å². The third-order valence-corrected chi connectivity index (χ3v) is 4.61. The van der Waals surface area contributed by atoms with Crippen LogP contribution < -0.4 is 5.73 Å². The van der Waals surface area contributed by atoms with Gasteiger partial charge in [0.2, 0.25) is 5.91 Å². The van der Waals surface area contributed by atoms with E-state index in [1.807, 2.05) is 14.1 Å². The van der Waals surface area contributed by atoms with Crippen LogP contribution in [0.5, 0.6) is 0 Å². The predicted molar refractivity (Wildman–Crippen MR) is 80.0 cm³/mol. The highest BCUT2D eigenvalue weighted by Gasteiger charge is 2.33. The van der Waals surface area contributed by atoms with E-state index in [2.05, 4.69) is 11.9 Å². The van der Waals surface area contributed by atoms with Crippen LogP contribution in [0.2, 0.25) is 0 Å². The van der Waals surface area contributed by atoms with Gasteiger partial charge in [-0.3, -0.25) is 9.69 Å². The van der Waals surface area contributed by atoms with Crippen LogP contribution in [0.1, 0.15) is 51.4 Å². The van der Waals surface area contributed by atoms with E-state index in [1.165, 1.54) is 38.5 Å². The third-order valence-electron chi connectivity index (χ3n) is 4.61. The first-order valence-electron chi connectivity index (χ1n) is 7.63. The quantitative estimate of drug-likeness (QED) is 0.749. The van der Waals surface area contributed by atoms with E-state index in [4.69, 9.17) is 5.73 Å². The van der Waals surface area contributed by atoms with Crippen molar-refractivity contribution in [2.45, 2.75) is 56.9 Å². The maximum atomic E-state index is 11.6. The standard InChI is InChI=1S/C15H31N3O/c1-17(2)14(19)9-8-12-18(3)15(13-16)10-6-4-5-7-11-15/h4-13,16H2,1-3H3. The summed E-state index contributed by atoms with van der Waals surface area (Å²) >= 11 is 0. The minimum atomic E-state index is 0.178. The molecule has 0 atom stereocenters. The summed E-state index contributed by atoms with van der Waals surface area (Å²) < 4.78 is 0. The van der Waals surface area contributed by atoms with Crippen molar-refractivity contribution in [1.29, 1.82) is 0 Å². The summed E-state index contributed by atoms with van der Waals surface area (Å²) in [7, 11) is 5.82. The fourth-order valence-corrected chi connectivity index (χ4v) is 3.06. The van der Waals surface area contributed by atoms with Gasteiger partial charge in [-0.2, -0.15) is 0 Å². The number of hydrogen-bond acceptors (Lipinski definition) is 3. The molecule has 4 heteroatoms. The van der Waals surface area contributed by atoms with Gasteiger partial charge in [0.1, 0.15) is 0 Å². The van der Waals surface area contributed by atoms with Crippen LogP contribution in [-0.2, 0) is 4.79 Å². The molecule has 2 N–H and O–H groups in total. The van der Waals surface area contributed by atoms with Gasteiger partial charge in [-0.1, -0.05) is 25.7 Å². The molecule has 0 radical (unpaired) electrons. The maximum Gasteiger partial charge on any atom is 0.222 e. The molecule has 0 aromatic rings. The topological polar surface area (TPSA) is 49.6 Å². The van der Waals surface area contributed by atoms with Crippen molar-refractivity contribution in [1.82, 2.24) is 9.80 Å². The first-order chi connectivity index (χ1) is 9.02.